The molecule has 0 saturated heterocycles. The van der Waals surface area contributed by atoms with Crippen molar-refractivity contribution in [1.82, 2.24) is 0 Å². The molecule has 0 aromatic heterocycles. The van der Waals surface area contributed by atoms with Crippen LogP contribution in [0.3, 0.4) is 0 Å². The topological polar surface area (TPSA) is 63.6 Å². The summed E-state index contributed by atoms with van der Waals surface area (Å²) in [5.74, 6) is -2.17. The van der Waals surface area contributed by atoms with Gasteiger partial charge in [0.1, 0.15) is 5.92 Å². The van der Waals surface area contributed by atoms with Crippen LogP contribution < -0.4 is 0 Å². The maximum atomic E-state index is 12.9. The molecule has 1 aliphatic carbocycles. The fourth-order valence-corrected chi connectivity index (χ4v) is 3.82. The number of carbonyl (C=O) groups excluding carboxylic acids is 2. The summed E-state index contributed by atoms with van der Waals surface area (Å²) < 4.78 is 5.13. The van der Waals surface area contributed by atoms with Crippen LogP contribution in [-0.2, 0) is 19.9 Å². The standard InChI is InChI=1S/C21H21ClO4/c1-2-26-20(24)19-17(14-6-4-3-5-7-14)12-21(25,13-18(19)23)15-8-10-16(22)11-9-15/h3-11,17,19,25H,2,12-13H2,1H3. The van der Waals surface area contributed by atoms with Gasteiger partial charge < -0.3 is 9.84 Å². The van der Waals surface area contributed by atoms with E-state index in [4.69, 9.17) is 16.3 Å². The predicted molar refractivity (Wildman–Crippen MR) is 98.9 cm³/mol. The van der Waals surface area contributed by atoms with E-state index in [9.17, 15) is 14.7 Å². The molecule has 1 saturated carbocycles. The number of halogens is 1. The summed E-state index contributed by atoms with van der Waals surface area (Å²) >= 11 is 5.94. The monoisotopic (exact) mass is 372 g/mol. The number of hydrogen-bond donors (Lipinski definition) is 1. The Bertz CT molecular complexity index is 787. The second-order valence-corrected chi connectivity index (χ2v) is 7.07. The van der Waals surface area contributed by atoms with Crippen LogP contribution in [0.5, 0.6) is 0 Å². The Balaban J connectivity index is 2.00. The molecule has 3 atom stereocenters. The highest BCUT2D eigenvalue weighted by molar-refractivity contribution is 6.30. The van der Waals surface area contributed by atoms with Gasteiger partial charge >= 0.3 is 5.97 Å². The molecule has 0 bridgehead atoms. The van der Waals surface area contributed by atoms with Crippen LogP contribution in [0.1, 0.15) is 36.8 Å². The number of carbonyl (C=O) groups is 2. The van der Waals surface area contributed by atoms with E-state index < -0.39 is 23.4 Å². The summed E-state index contributed by atoms with van der Waals surface area (Å²) in [5.41, 5.74) is 0.120. The van der Waals surface area contributed by atoms with Gasteiger partial charge in [0.25, 0.3) is 0 Å². The fourth-order valence-electron chi connectivity index (χ4n) is 3.69. The number of Topliss-reactive ketones (excluding diaryl/α,β-unsaturated/α-hetero) is 1. The van der Waals surface area contributed by atoms with Gasteiger partial charge in [0.05, 0.1) is 12.2 Å². The maximum Gasteiger partial charge on any atom is 0.317 e. The van der Waals surface area contributed by atoms with Crippen molar-refractivity contribution in [2.24, 2.45) is 5.92 Å². The van der Waals surface area contributed by atoms with Crippen molar-refractivity contribution < 1.29 is 19.4 Å². The molecule has 0 amide bonds. The van der Waals surface area contributed by atoms with Gasteiger partial charge in [-0.25, -0.2) is 0 Å². The lowest BCUT2D eigenvalue weighted by atomic mass is 9.66. The summed E-state index contributed by atoms with van der Waals surface area (Å²) in [7, 11) is 0. The first-order valence-corrected chi connectivity index (χ1v) is 9.05. The van der Waals surface area contributed by atoms with Crippen molar-refractivity contribution in [3.63, 3.8) is 0 Å². The molecule has 1 fully saturated rings. The first-order chi connectivity index (χ1) is 12.4. The van der Waals surface area contributed by atoms with Crippen molar-refractivity contribution in [1.29, 1.82) is 0 Å². The Hall–Kier alpha value is -2.17. The first kappa shape index (κ1) is 18.6. The van der Waals surface area contributed by atoms with E-state index in [0.29, 0.717) is 10.6 Å². The number of hydrogen-bond acceptors (Lipinski definition) is 4. The van der Waals surface area contributed by atoms with Crippen LogP contribution >= 0.6 is 11.6 Å². The van der Waals surface area contributed by atoms with Crippen molar-refractivity contribution in [2.45, 2.75) is 31.3 Å². The third-order valence-electron chi connectivity index (χ3n) is 4.92. The molecule has 3 unspecified atom stereocenters. The van der Waals surface area contributed by atoms with Crippen LogP contribution in [0.2, 0.25) is 5.02 Å². The minimum absolute atomic E-state index is 0.124. The van der Waals surface area contributed by atoms with Gasteiger partial charge in [-0.05, 0) is 36.6 Å². The van der Waals surface area contributed by atoms with Gasteiger partial charge in [-0.3, -0.25) is 9.59 Å². The van der Waals surface area contributed by atoms with Crippen molar-refractivity contribution >= 4 is 23.4 Å². The van der Waals surface area contributed by atoms with Gasteiger partial charge in [0, 0.05) is 17.4 Å². The molecule has 4 nitrogen and oxygen atoms in total. The van der Waals surface area contributed by atoms with Crippen LogP contribution in [0, 0.1) is 5.92 Å². The lowest BCUT2D eigenvalue weighted by molar-refractivity contribution is -0.158. The van der Waals surface area contributed by atoms with Crippen LogP contribution in [0.25, 0.3) is 0 Å². The van der Waals surface area contributed by atoms with Crippen molar-refractivity contribution in [3.8, 4) is 0 Å². The maximum absolute atomic E-state index is 12.9. The molecule has 26 heavy (non-hydrogen) atoms. The van der Waals surface area contributed by atoms with Crippen LogP contribution in [-0.4, -0.2) is 23.5 Å². The van der Waals surface area contributed by atoms with E-state index >= 15 is 0 Å². The Morgan fingerprint density at radius 1 is 1.19 bits per heavy atom. The Kier molecular flexibility index (Phi) is 5.44. The van der Waals surface area contributed by atoms with Crippen LogP contribution in [0.15, 0.2) is 54.6 Å². The SMILES string of the molecule is CCOC(=O)C1C(=O)CC(O)(c2ccc(Cl)cc2)CC1c1ccccc1. The van der Waals surface area contributed by atoms with E-state index in [1.807, 2.05) is 30.3 Å². The summed E-state index contributed by atoms with van der Waals surface area (Å²) in [6.45, 7) is 1.93. The smallest absolute Gasteiger partial charge is 0.317 e. The molecular formula is C21H21ClO4. The molecule has 0 aliphatic heterocycles. The van der Waals surface area contributed by atoms with E-state index in [-0.39, 0.29) is 25.2 Å². The van der Waals surface area contributed by atoms with Crippen LogP contribution in [0.4, 0.5) is 0 Å². The lowest BCUT2D eigenvalue weighted by Crippen LogP contribution is -2.45. The number of ketones is 1. The van der Waals surface area contributed by atoms with E-state index in [1.165, 1.54) is 0 Å². The number of rotatable bonds is 4. The molecule has 1 aliphatic rings. The quantitative estimate of drug-likeness (QED) is 0.654. The second kappa shape index (κ2) is 7.60. The Morgan fingerprint density at radius 2 is 1.85 bits per heavy atom. The largest absolute Gasteiger partial charge is 0.465 e. The molecule has 136 valence electrons. The molecular weight excluding hydrogens is 352 g/mol. The minimum Gasteiger partial charge on any atom is -0.465 e. The van der Waals surface area contributed by atoms with E-state index in [0.717, 1.165) is 5.56 Å². The minimum atomic E-state index is -1.34. The van der Waals surface area contributed by atoms with E-state index in [2.05, 4.69) is 0 Å². The average Bonchev–Trinajstić information content (AvgIpc) is 2.62. The van der Waals surface area contributed by atoms with Gasteiger partial charge in [-0.1, -0.05) is 54.1 Å². The van der Waals surface area contributed by atoms with Crippen molar-refractivity contribution in [3.05, 3.63) is 70.7 Å². The third kappa shape index (κ3) is 3.67. The zero-order valence-corrected chi connectivity index (χ0v) is 15.3. The highest BCUT2D eigenvalue weighted by Crippen LogP contribution is 2.46. The number of benzene rings is 2. The normalized spacial score (nSPS) is 25.7. The molecule has 2 aromatic rings. The zero-order chi connectivity index (χ0) is 18.7. The van der Waals surface area contributed by atoms with Gasteiger partial charge in [0.2, 0.25) is 0 Å². The molecule has 0 heterocycles. The third-order valence-corrected chi connectivity index (χ3v) is 5.18. The van der Waals surface area contributed by atoms with Gasteiger partial charge in [0.15, 0.2) is 5.78 Å². The fraction of sp³-hybridized carbons (Fsp3) is 0.333. The Morgan fingerprint density at radius 3 is 2.46 bits per heavy atom. The summed E-state index contributed by atoms with van der Waals surface area (Å²) in [4.78, 5) is 25.3. The lowest BCUT2D eigenvalue weighted by Gasteiger charge is -2.40. The molecule has 3 rings (SSSR count). The molecule has 1 N–H and O–H groups in total. The highest BCUT2D eigenvalue weighted by Gasteiger charge is 2.49. The predicted octanol–water partition coefficient (Wildman–Crippen LogP) is 3.85. The molecule has 0 radical (unpaired) electrons. The highest BCUT2D eigenvalue weighted by atomic mass is 35.5. The average molecular weight is 373 g/mol. The van der Waals surface area contributed by atoms with Crippen molar-refractivity contribution in [2.75, 3.05) is 6.61 Å². The van der Waals surface area contributed by atoms with Gasteiger partial charge in [-0.2, -0.15) is 0 Å². The molecule has 0 spiro atoms. The molecule has 5 heteroatoms. The summed E-state index contributed by atoms with van der Waals surface area (Å²) in [5, 5.41) is 11.8. The number of esters is 1. The summed E-state index contributed by atoms with van der Waals surface area (Å²) in [6, 6.07) is 16.2. The molecule has 2 aromatic carbocycles. The second-order valence-electron chi connectivity index (χ2n) is 6.63. The zero-order valence-electron chi connectivity index (χ0n) is 14.5. The first-order valence-electron chi connectivity index (χ1n) is 8.67. The number of ether oxygens (including phenoxy) is 1. The Labute approximate surface area is 157 Å². The number of aliphatic hydroxyl groups is 1. The van der Waals surface area contributed by atoms with Gasteiger partial charge in [-0.15, -0.1) is 0 Å². The van der Waals surface area contributed by atoms with E-state index in [1.54, 1.807) is 31.2 Å². The summed E-state index contributed by atoms with van der Waals surface area (Å²) in [6.07, 6.45) is 0.134.